The van der Waals surface area contributed by atoms with E-state index in [0.717, 1.165) is 25.1 Å². The van der Waals surface area contributed by atoms with Crippen molar-refractivity contribution >= 4 is 5.97 Å². The number of hydrogen-bond acceptors (Lipinski definition) is 2. The molecular formula is C28H36N2O2. The molecule has 0 aliphatic heterocycles. The summed E-state index contributed by atoms with van der Waals surface area (Å²) in [6, 6.07) is 17.6. The Hall–Kier alpha value is -2.88. The highest BCUT2D eigenvalue weighted by atomic mass is 16.4. The highest BCUT2D eigenvalue weighted by Gasteiger charge is 2.17. The average Bonchev–Trinajstić information content (AvgIpc) is 3.17. The van der Waals surface area contributed by atoms with Crippen LogP contribution < -0.4 is 9.67 Å². The minimum atomic E-state index is -1.13. The molecule has 3 aromatic rings. The van der Waals surface area contributed by atoms with Crippen LogP contribution in [-0.4, -0.2) is 10.5 Å². The fourth-order valence-electron chi connectivity index (χ4n) is 4.21. The summed E-state index contributed by atoms with van der Waals surface area (Å²) in [6.07, 6.45) is 15.9. The molecule has 0 unspecified atom stereocenters. The van der Waals surface area contributed by atoms with Crippen molar-refractivity contribution < 1.29 is 14.5 Å². The number of aromatic carboxylic acids is 1. The second-order valence-corrected chi connectivity index (χ2v) is 8.67. The van der Waals surface area contributed by atoms with Gasteiger partial charge < -0.3 is 9.90 Å². The lowest BCUT2D eigenvalue weighted by atomic mass is 10.1. The standard InChI is InChI=1S/C28H36N2O2/c1-2-3-4-5-6-7-8-12-15-27-29(22-24-13-10-9-11-14-24)20-21-30(27)23-25-16-18-26(19-17-25)28(31)32/h9-11,13-14,16-21H,2-8,12,15,22-23H2,1H3. The summed E-state index contributed by atoms with van der Waals surface area (Å²) < 4.78 is 4.66. The van der Waals surface area contributed by atoms with Gasteiger partial charge in [-0.05, 0) is 23.1 Å². The summed E-state index contributed by atoms with van der Waals surface area (Å²) in [6.45, 7) is 3.86. The van der Waals surface area contributed by atoms with Crippen molar-refractivity contribution in [2.24, 2.45) is 0 Å². The molecule has 1 aromatic heterocycles. The number of rotatable bonds is 14. The van der Waals surface area contributed by atoms with E-state index in [1.54, 1.807) is 12.1 Å². The maximum absolute atomic E-state index is 11.0. The summed E-state index contributed by atoms with van der Waals surface area (Å²) >= 11 is 0. The van der Waals surface area contributed by atoms with E-state index in [1.807, 2.05) is 12.1 Å². The molecule has 4 heteroatoms. The highest BCUT2D eigenvalue weighted by Crippen LogP contribution is 2.13. The van der Waals surface area contributed by atoms with Crippen molar-refractivity contribution in [3.63, 3.8) is 0 Å². The van der Waals surface area contributed by atoms with E-state index < -0.39 is 5.97 Å². The third-order valence-electron chi connectivity index (χ3n) is 6.08. The smallest absolute Gasteiger partial charge is 0.256 e. The summed E-state index contributed by atoms with van der Waals surface area (Å²) in [5, 5.41) is 11.0. The number of hydrogen-bond donors (Lipinski definition) is 0. The number of unbranched alkanes of at least 4 members (excludes halogenated alkanes) is 7. The molecule has 0 radical (unpaired) electrons. The second kappa shape index (κ2) is 12.8. The van der Waals surface area contributed by atoms with Gasteiger partial charge in [-0.15, -0.1) is 0 Å². The Balaban J connectivity index is 1.65. The number of imidazole rings is 1. The summed E-state index contributed by atoms with van der Waals surface area (Å²) in [5.41, 5.74) is 2.61. The number of carbonyl (C=O) groups is 1. The largest absolute Gasteiger partial charge is 0.545 e. The number of benzene rings is 2. The van der Waals surface area contributed by atoms with Crippen LogP contribution in [0.4, 0.5) is 0 Å². The van der Waals surface area contributed by atoms with Crippen LogP contribution in [0.3, 0.4) is 0 Å². The van der Waals surface area contributed by atoms with Crippen molar-refractivity contribution in [1.82, 2.24) is 4.57 Å². The van der Waals surface area contributed by atoms with Crippen LogP contribution in [0, 0.1) is 0 Å². The Morgan fingerprint density at radius 2 is 1.50 bits per heavy atom. The summed E-state index contributed by atoms with van der Waals surface area (Å²) in [7, 11) is 0. The maximum atomic E-state index is 11.0. The molecule has 4 nitrogen and oxygen atoms in total. The van der Waals surface area contributed by atoms with Crippen LogP contribution in [-0.2, 0) is 19.5 Å². The lowest BCUT2D eigenvalue weighted by Gasteiger charge is -2.08. The van der Waals surface area contributed by atoms with Crippen molar-refractivity contribution in [2.75, 3.05) is 0 Å². The highest BCUT2D eigenvalue weighted by molar-refractivity contribution is 5.85. The Kier molecular flexibility index (Phi) is 9.55. The van der Waals surface area contributed by atoms with E-state index in [0.29, 0.717) is 0 Å². The first-order chi connectivity index (χ1) is 15.7. The zero-order valence-corrected chi connectivity index (χ0v) is 19.3. The van der Waals surface area contributed by atoms with Gasteiger partial charge in [-0.25, -0.2) is 9.13 Å². The summed E-state index contributed by atoms with van der Waals surface area (Å²) in [5.74, 6) is 0.192. The molecule has 32 heavy (non-hydrogen) atoms. The number of carboxylic acids is 1. The molecule has 0 aliphatic rings. The monoisotopic (exact) mass is 432 g/mol. The molecule has 170 valence electrons. The van der Waals surface area contributed by atoms with Crippen molar-refractivity contribution in [2.45, 2.75) is 77.8 Å². The van der Waals surface area contributed by atoms with Crippen LogP contribution in [0.25, 0.3) is 0 Å². The number of aromatic nitrogens is 2. The topological polar surface area (TPSA) is 48.9 Å². The Morgan fingerprint density at radius 1 is 0.844 bits per heavy atom. The number of carbonyl (C=O) groups excluding carboxylic acids is 1. The summed E-state index contributed by atoms with van der Waals surface area (Å²) in [4.78, 5) is 11.0. The molecule has 0 N–H and O–H groups in total. The molecule has 0 atom stereocenters. The average molecular weight is 433 g/mol. The van der Waals surface area contributed by atoms with E-state index in [1.165, 1.54) is 62.8 Å². The molecule has 0 aliphatic carbocycles. The van der Waals surface area contributed by atoms with E-state index >= 15 is 0 Å². The molecule has 0 amide bonds. The van der Waals surface area contributed by atoms with E-state index in [-0.39, 0.29) is 5.56 Å². The normalized spacial score (nSPS) is 11.0. The van der Waals surface area contributed by atoms with Gasteiger partial charge in [0.25, 0.3) is 5.82 Å². The zero-order valence-electron chi connectivity index (χ0n) is 19.3. The molecule has 0 spiro atoms. The van der Waals surface area contributed by atoms with Gasteiger partial charge in [-0.3, -0.25) is 0 Å². The molecule has 2 aromatic carbocycles. The maximum Gasteiger partial charge on any atom is 0.256 e. The van der Waals surface area contributed by atoms with E-state index in [9.17, 15) is 9.90 Å². The molecule has 0 bridgehead atoms. The lowest BCUT2D eigenvalue weighted by molar-refractivity contribution is -0.695. The lowest BCUT2D eigenvalue weighted by Crippen LogP contribution is -2.38. The van der Waals surface area contributed by atoms with Crippen LogP contribution >= 0.6 is 0 Å². The molecule has 3 rings (SSSR count). The van der Waals surface area contributed by atoms with E-state index in [4.69, 9.17) is 0 Å². The molecule has 0 saturated heterocycles. The fraction of sp³-hybridized carbons (Fsp3) is 0.429. The second-order valence-electron chi connectivity index (χ2n) is 8.67. The van der Waals surface area contributed by atoms with Gasteiger partial charge in [-0.1, -0.05) is 106 Å². The molecule has 0 saturated carbocycles. The van der Waals surface area contributed by atoms with Gasteiger partial charge in [0.2, 0.25) is 0 Å². The Morgan fingerprint density at radius 3 is 2.16 bits per heavy atom. The molecule has 1 heterocycles. The fourth-order valence-corrected chi connectivity index (χ4v) is 4.21. The third kappa shape index (κ3) is 7.37. The Bertz CT molecular complexity index is 945. The first-order valence-electron chi connectivity index (χ1n) is 12.1. The third-order valence-corrected chi connectivity index (χ3v) is 6.08. The predicted octanol–water partition coefficient (Wildman–Crippen LogP) is 4.92. The van der Waals surface area contributed by atoms with Crippen molar-refractivity contribution in [3.8, 4) is 0 Å². The Labute approximate surface area is 192 Å². The quantitative estimate of drug-likeness (QED) is 0.268. The van der Waals surface area contributed by atoms with Crippen LogP contribution in [0.2, 0.25) is 0 Å². The van der Waals surface area contributed by atoms with Gasteiger partial charge in [0.05, 0.1) is 5.97 Å². The minimum Gasteiger partial charge on any atom is -0.545 e. The molecule has 0 fully saturated rings. The first kappa shape index (κ1) is 23.8. The van der Waals surface area contributed by atoms with Gasteiger partial charge in [0.1, 0.15) is 25.5 Å². The molecular weight excluding hydrogens is 396 g/mol. The number of carboxylic acid groups (broad SMARTS) is 1. The van der Waals surface area contributed by atoms with Gasteiger partial charge >= 0.3 is 0 Å². The van der Waals surface area contributed by atoms with Crippen LogP contribution in [0.5, 0.6) is 0 Å². The van der Waals surface area contributed by atoms with Gasteiger partial charge in [0, 0.05) is 6.42 Å². The van der Waals surface area contributed by atoms with E-state index in [2.05, 4.69) is 58.8 Å². The van der Waals surface area contributed by atoms with Crippen molar-refractivity contribution in [1.29, 1.82) is 0 Å². The number of nitrogens with zero attached hydrogens (tertiary/aromatic N) is 2. The zero-order chi connectivity index (χ0) is 22.6. The van der Waals surface area contributed by atoms with Gasteiger partial charge in [0.15, 0.2) is 0 Å². The van der Waals surface area contributed by atoms with Crippen LogP contribution in [0.1, 0.15) is 85.6 Å². The minimum absolute atomic E-state index is 0.222. The SMILES string of the molecule is CCCCCCCCCCc1n(Cc2ccc(C(=O)[O-])cc2)cc[n+]1Cc1ccccc1. The van der Waals surface area contributed by atoms with Crippen LogP contribution in [0.15, 0.2) is 67.0 Å². The van der Waals surface area contributed by atoms with Crippen molar-refractivity contribution in [3.05, 3.63) is 89.5 Å². The predicted molar refractivity (Wildman–Crippen MR) is 126 cm³/mol. The first-order valence-corrected chi connectivity index (χ1v) is 12.1. The van der Waals surface area contributed by atoms with Gasteiger partial charge in [-0.2, -0.15) is 0 Å².